The summed E-state index contributed by atoms with van der Waals surface area (Å²) < 4.78 is 0. The second-order valence-corrected chi connectivity index (χ2v) is 6.32. The summed E-state index contributed by atoms with van der Waals surface area (Å²) >= 11 is 1.78. The molecular formula is C14H15N3OS. The summed E-state index contributed by atoms with van der Waals surface area (Å²) in [6.07, 6.45) is 7.97. The SMILES string of the molecule is O=C1CCCN1c1ncnc2sc3c(c12)CCCC3. The number of carbonyl (C=O) groups is 1. The van der Waals surface area contributed by atoms with Crippen LogP contribution in [0.15, 0.2) is 6.33 Å². The Balaban J connectivity index is 1.95. The maximum atomic E-state index is 12.0. The largest absolute Gasteiger partial charge is 0.296 e. The molecule has 4 nitrogen and oxygen atoms in total. The monoisotopic (exact) mass is 273 g/mol. The summed E-state index contributed by atoms with van der Waals surface area (Å²) in [6, 6.07) is 0. The van der Waals surface area contributed by atoms with E-state index in [1.165, 1.54) is 23.3 Å². The first-order valence-electron chi connectivity index (χ1n) is 6.90. The number of hydrogen-bond donors (Lipinski definition) is 0. The van der Waals surface area contributed by atoms with Crippen molar-refractivity contribution in [1.29, 1.82) is 0 Å². The van der Waals surface area contributed by atoms with Gasteiger partial charge >= 0.3 is 0 Å². The number of carbonyl (C=O) groups excluding carboxylic acids is 1. The number of anilines is 1. The van der Waals surface area contributed by atoms with Gasteiger partial charge in [0.15, 0.2) is 0 Å². The van der Waals surface area contributed by atoms with Gasteiger partial charge in [-0.25, -0.2) is 9.97 Å². The molecule has 0 aromatic carbocycles. The molecule has 1 fully saturated rings. The summed E-state index contributed by atoms with van der Waals surface area (Å²) in [5, 5.41) is 1.15. The van der Waals surface area contributed by atoms with Crippen molar-refractivity contribution in [2.24, 2.45) is 0 Å². The summed E-state index contributed by atoms with van der Waals surface area (Å²) in [4.78, 5) is 25.2. The molecule has 1 aliphatic carbocycles. The van der Waals surface area contributed by atoms with Gasteiger partial charge in [0, 0.05) is 17.8 Å². The van der Waals surface area contributed by atoms with Crippen molar-refractivity contribution in [3.05, 3.63) is 16.8 Å². The lowest BCUT2D eigenvalue weighted by atomic mass is 9.97. The van der Waals surface area contributed by atoms with Crippen LogP contribution in [0.1, 0.15) is 36.1 Å². The van der Waals surface area contributed by atoms with Gasteiger partial charge in [-0.05, 0) is 37.7 Å². The van der Waals surface area contributed by atoms with Crippen molar-refractivity contribution >= 4 is 33.3 Å². The molecule has 1 amide bonds. The first kappa shape index (κ1) is 11.3. The van der Waals surface area contributed by atoms with Crippen molar-refractivity contribution in [2.45, 2.75) is 38.5 Å². The molecule has 2 aliphatic rings. The minimum absolute atomic E-state index is 0.204. The van der Waals surface area contributed by atoms with Crippen LogP contribution in [0, 0.1) is 0 Å². The predicted molar refractivity (Wildman–Crippen MR) is 75.6 cm³/mol. The van der Waals surface area contributed by atoms with Crippen molar-refractivity contribution < 1.29 is 4.79 Å². The fraction of sp³-hybridized carbons (Fsp3) is 0.500. The quantitative estimate of drug-likeness (QED) is 0.802. The third-order valence-corrected chi connectivity index (χ3v) is 5.26. The summed E-state index contributed by atoms with van der Waals surface area (Å²) in [7, 11) is 0. The smallest absolute Gasteiger partial charge is 0.228 e. The van der Waals surface area contributed by atoms with Crippen molar-refractivity contribution in [3.8, 4) is 0 Å². The molecule has 4 rings (SSSR count). The maximum absolute atomic E-state index is 12.0. The molecule has 1 saturated heterocycles. The van der Waals surface area contributed by atoms with E-state index in [1.54, 1.807) is 17.7 Å². The van der Waals surface area contributed by atoms with Crippen molar-refractivity contribution in [3.63, 3.8) is 0 Å². The average Bonchev–Trinajstić information content (AvgIpc) is 3.01. The Morgan fingerprint density at radius 2 is 2.00 bits per heavy atom. The molecule has 2 aromatic rings. The molecule has 0 unspecified atom stereocenters. The molecule has 2 aromatic heterocycles. The lowest BCUT2D eigenvalue weighted by molar-refractivity contribution is -0.117. The number of fused-ring (bicyclic) bond motifs is 3. The van der Waals surface area contributed by atoms with Crippen LogP contribution in [0.2, 0.25) is 0 Å². The summed E-state index contributed by atoms with van der Waals surface area (Å²) in [5.74, 6) is 1.06. The molecular weight excluding hydrogens is 258 g/mol. The van der Waals surface area contributed by atoms with Gasteiger partial charge in [0.2, 0.25) is 5.91 Å². The van der Waals surface area contributed by atoms with Gasteiger partial charge in [0.05, 0.1) is 5.39 Å². The Bertz CT molecular complexity index is 664. The summed E-state index contributed by atoms with van der Waals surface area (Å²) in [5.41, 5.74) is 1.40. The number of amides is 1. The number of rotatable bonds is 1. The number of aryl methyl sites for hydroxylation is 2. The van der Waals surface area contributed by atoms with E-state index in [2.05, 4.69) is 9.97 Å². The Labute approximate surface area is 115 Å². The van der Waals surface area contributed by atoms with E-state index in [0.29, 0.717) is 6.42 Å². The zero-order valence-corrected chi connectivity index (χ0v) is 11.5. The zero-order chi connectivity index (χ0) is 12.8. The van der Waals surface area contributed by atoms with Gasteiger partial charge in [-0.1, -0.05) is 0 Å². The molecule has 0 spiro atoms. The Hall–Kier alpha value is -1.49. The van der Waals surface area contributed by atoms with Crippen LogP contribution in [-0.4, -0.2) is 22.4 Å². The van der Waals surface area contributed by atoms with Crippen LogP contribution in [0.3, 0.4) is 0 Å². The highest BCUT2D eigenvalue weighted by Crippen LogP contribution is 2.39. The van der Waals surface area contributed by atoms with E-state index < -0.39 is 0 Å². The average molecular weight is 273 g/mol. The molecule has 98 valence electrons. The predicted octanol–water partition coefficient (Wildman–Crippen LogP) is 2.70. The molecule has 0 bridgehead atoms. The molecule has 0 atom stereocenters. The van der Waals surface area contributed by atoms with Crippen LogP contribution in [0.4, 0.5) is 5.82 Å². The van der Waals surface area contributed by atoms with E-state index in [1.807, 2.05) is 4.90 Å². The van der Waals surface area contributed by atoms with E-state index in [4.69, 9.17) is 0 Å². The van der Waals surface area contributed by atoms with Gasteiger partial charge in [-0.3, -0.25) is 9.69 Å². The van der Waals surface area contributed by atoms with E-state index >= 15 is 0 Å². The molecule has 1 aliphatic heterocycles. The lowest BCUT2D eigenvalue weighted by Gasteiger charge is -2.17. The molecule has 5 heteroatoms. The third-order valence-electron chi connectivity index (χ3n) is 4.06. The van der Waals surface area contributed by atoms with Gasteiger partial charge in [-0.2, -0.15) is 0 Å². The summed E-state index contributed by atoms with van der Waals surface area (Å²) in [6.45, 7) is 0.801. The third kappa shape index (κ3) is 1.68. The molecule has 19 heavy (non-hydrogen) atoms. The highest BCUT2D eigenvalue weighted by atomic mass is 32.1. The molecule has 3 heterocycles. The van der Waals surface area contributed by atoms with Gasteiger partial charge in [0.25, 0.3) is 0 Å². The topological polar surface area (TPSA) is 46.1 Å². The van der Waals surface area contributed by atoms with Crippen LogP contribution in [-0.2, 0) is 17.6 Å². The van der Waals surface area contributed by atoms with Crippen molar-refractivity contribution in [1.82, 2.24) is 9.97 Å². The Morgan fingerprint density at radius 3 is 2.84 bits per heavy atom. The van der Waals surface area contributed by atoms with Crippen LogP contribution in [0.25, 0.3) is 10.2 Å². The molecule has 0 N–H and O–H groups in total. The fourth-order valence-corrected chi connectivity index (χ4v) is 4.37. The second-order valence-electron chi connectivity index (χ2n) is 5.24. The lowest BCUT2D eigenvalue weighted by Crippen LogP contribution is -2.25. The second kappa shape index (κ2) is 4.27. The highest BCUT2D eigenvalue weighted by Gasteiger charge is 2.28. The van der Waals surface area contributed by atoms with E-state index in [9.17, 15) is 4.79 Å². The number of nitrogens with zero attached hydrogens (tertiary/aromatic N) is 3. The minimum atomic E-state index is 0.204. The maximum Gasteiger partial charge on any atom is 0.228 e. The van der Waals surface area contributed by atoms with Gasteiger partial charge in [0.1, 0.15) is 17.0 Å². The fourth-order valence-electron chi connectivity index (χ4n) is 3.15. The van der Waals surface area contributed by atoms with Crippen LogP contribution < -0.4 is 4.90 Å². The van der Waals surface area contributed by atoms with Gasteiger partial charge in [-0.15, -0.1) is 11.3 Å². The number of hydrogen-bond acceptors (Lipinski definition) is 4. The number of aromatic nitrogens is 2. The number of thiophene rings is 1. The normalized spacial score (nSPS) is 19.2. The highest BCUT2D eigenvalue weighted by molar-refractivity contribution is 7.19. The first-order chi connectivity index (χ1) is 9.34. The van der Waals surface area contributed by atoms with Crippen LogP contribution >= 0.6 is 11.3 Å². The van der Waals surface area contributed by atoms with Crippen molar-refractivity contribution in [2.75, 3.05) is 11.4 Å². The minimum Gasteiger partial charge on any atom is -0.296 e. The van der Waals surface area contributed by atoms with E-state index in [-0.39, 0.29) is 5.91 Å². The Kier molecular flexibility index (Phi) is 2.55. The first-order valence-corrected chi connectivity index (χ1v) is 7.72. The van der Waals surface area contributed by atoms with E-state index in [0.717, 1.165) is 41.8 Å². The van der Waals surface area contributed by atoms with Gasteiger partial charge < -0.3 is 0 Å². The Morgan fingerprint density at radius 1 is 1.11 bits per heavy atom. The molecule has 0 saturated carbocycles. The van der Waals surface area contributed by atoms with Crippen LogP contribution in [0.5, 0.6) is 0 Å². The zero-order valence-electron chi connectivity index (χ0n) is 10.7. The molecule has 0 radical (unpaired) electrons. The standard InChI is InChI=1S/C14H15N3OS/c18-11-6-3-7-17(11)13-12-9-4-1-2-5-10(9)19-14(12)16-8-15-13/h8H,1-7H2.